The first-order valence-corrected chi connectivity index (χ1v) is 12.0. The van der Waals surface area contributed by atoms with Crippen molar-refractivity contribution in [3.63, 3.8) is 0 Å². The lowest BCUT2D eigenvalue weighted by molar-refractivity contribution is 0.0939. The Labute approximate surface area is 190 Å². The van der Waals surface area contributed by atoms with Crippen LogP contribution < -0.4 is 10.6 Å². The fraction of sp³-hybridized carbons (Fsp3) is 0.345. The van der Waals surface area contributed by atoms with E-state index in [0.717, 1.165) is 23.0 Å². The van der Waals surface area contributed by atoms with E-state index in [2.05, 4.69) is 65.2 Å². The number of nitrogens with one attached hydrogen (secondary N) is 2. The van der Waals surface area contributed by atoms with Crippen molar-refractivity contribution in [2.45, 2.75) is 44.2 Å². The van der Waals surface area contributed by atoms with Crippen LogP contribution in [-0.4, -0.2) is 5.91 Å². The Morgan fingerprint density at radius 3 is 2.44 bits per heavy atom. The lowest BCUT2D eigenvalue weighted by Gasteiger charge is -2.43. The second-order valence-electron chi connectivity index (χ2n) is 9.88. The first-order chi connectivity index (χ1) is 15.7. The van der Waals surface area contributed by atoms with Crippen molar-refractivity contribution in [2.24, 2.45) is 17.8 Å². The summed E-state index contributed by atoms with van der Waals surface area (Å²) in [5.74, 6) is 2.71. The average Bonchev–Trinajstić information content (AvgIpc) is 3.47. The van der Waals surface area contributed by atoms with E-state index in [0.29, 0.717) is 17.9 Å². The summed E-state index contributed by atoms with van der Waals surface area (Å²) in [6, 6.07) is 27.7. The molecule has 6 rings (SSSR count). The minimum Gasteiger partial charge on any atom is -0.378 e. The summed E-state index contributed by atoms with van der Waals surface area (Å²) in [4.78, 5) is 13.1. The van der Waals surface area contributed by atoms with Crippen LogP contribution in [0.15, 0.2) is 78.9 Å². The van der Waals surface area contributed by atoms with Gasteiger partial charge in [-0.3, -0.25) is 4.79 Å². The summed E-state index contributed by atoms with van der Waals surface area (Å²) in [6.45, 7) is 2.05. The number of fused-ring (bicyclic) bond motifs is 7. The third-order valence-electron chi connectivity index (χ3n) is 8.16. The van der Waals surface area contributed by atoms with Crippen molar-refractivity contribution < 1.29 is 4.79 Å². The summed E-state index contributed by atoms with van der Waals surface area (Å²) in [5.41, 5.74) is 5.85. The van der Waals surface area contributed by atoms with Gasteiger partial charge in [-0.15, -0.1) is 0 Å². The standard InChI is InChI=1S/C29H30N2O/c1-18(19-8-4-2-5-9-19)30-29(32)23-14-15-25-24(17-23)26-21-12-13-22(16-21)27(26)28(31-25)20-10-6-3-7-11-20/h2-11,14-15,17-18,21-22,26-28,31H,12-13,16H2,1H3,(H,30,32)/t18-,21-,22-,26+,27+,28+/m1/s1. The molecule has 2 saturated carbocycles. The van der Waals surface area contributed by atoms with Gasteiger partial charge >= 0.3 is 0 Å². The van der Waals surface area contributed by atoms with Gasteiger partial charge in [-0.1, -0.05) is 60.7 Å². The molecule has 0 saturated heterocycles. The van der Waals surface area contributed by atoms with Crippen molar-refractivity contribution in [2.75, 3.05) is 5.32 Å². The molecular weight excluding hydrogens is 392 g/mol. The average molecular weight is 423 g/mol. The van der Waals surface area contributed by atoms with Gasteiger partial charge in [-0.25, -0.2) is 0 Å². The molecule has 6 atom stereocenters. The van der Waals surface area contributed by atoms with Crippen LogP contribution in [0, 0.1) is 17.8 Å². The number of hydrogen-bond acceptors (Lipinski definition) is 2. The van der Waals surface area contributed by atoms with E-state index in [1.165, 1.54) is 36.1 Å². The highest BCUT2D eigenvalue weighted by Gasteiger charge is 2.53. The zero-order chi connectivity index (χ0) is 21.7. The van der Waals surface area contributed by atoms with Crippen molar-refractivity contribution >= 4 is 11.6 Å². The highest BCUT2D eigenvalue weighted by atomic mass is 16.1. The van der Waals surface area contributed by atoms with Crippen molar-refractivity contribution in [1.82, 2.24) is 5.32 Å². The SMILES string of the molecule is C[C@@H](NC(=O)c1ccc2c(c1)[C@@H]1[C@@H]3CC[C@H](C3)[C@@H]1[C@H](c1ccccc1)N2)c1ccccc1. The summed E-state index contributed by atoms with van der Waals surface area (Å²) in [6.07, 6.45) is 4.01. The van der Waals surface area contributed by atoms with Crippen LogP contribution >= 0.6 is 0 Å². The van der Waals surface area contributed by atoms with Gasteiger partial charge in [0.1, 0.15) is 0 Å². The molecule has 2 N–H and O–H groups in total. The third kappa shape index (κ3) is 3.23. The molecule has 2 bridgehead atoms. The second kappa shape index (κ2) is 7.81. The fourth-order valence-corrected chi connectivity index (χ4v) is 6.72. The van der Waals surface area contributed by atoms with E-state index in [4.69, 9.17) is 0 Å². The quantitative estimate of drug-likeness (QED) is 0.506. The molecule has 3 heteroatoms. The van der Waals surface area contributed by atoms with Gasteiger partial charge in [0.15, 0.2) is 0 Å². The Kier molecular flexibility index (Phi) is 4.78. The molecule has 1 aliphatic heterocycles. The molecule has 0 unspecified atom stereocenters. The number of rotatable bonds is 4. The molecule has 1 heterocycles. The monoisotopic (exact) mass is 422 g/mol. The van der Waals surface area contributed by atoms with Crippen LogP contribution in [0.25, 0.3) is 0 Å². The van der Waals surface area contributed by atoms with Crippen LogP contribution in [0.2, 0.25) is 0 Å². The number of hydrogen-bond donors (Lipinski definition) is 2. The maximum Gasteiger partial charge on any atom is 0.251 e. The minimum absolute atomic E-state index is 0.00837. The fourth-order valence-electron chi connectivity index (χ4n) is 6.72. The van der Waals surface area contributed by atoms with Gasteiger partial charge in [-0.05, 0) is 84.7 Å². The van der Waals surface area contributed by atoms with E-state index < -0.39 is 0 Å². The van der Waals surface area contributed by atoms with E-state index in [-0.39, 0.29) is 11.9 Å². The van der Waals surface area contributed by atoms with Crippen LogP contribution in [-0.2, 0) is 0 Å². The largest absolute Gasteiger partial charge is 0.378 e. The number of carbonyl (C=O) groups excluding carboxylic acids is 1. The number of carbonyl (C=O) groups is 1. The maximum atomic E-state index is 13.1. The Balaban J connectivity index is 1.31. The molecule has 0 radical (unpaired) electrons. The molecule has 0 spiro atoms. The van der Waals surface area contributed by atoms with Gasteiger partial charge in [0.05, 0.1) is 12.1 Å². The molecule has 3 aromatic rings. The van der Waals surface area contributed by atoms with Gasteiger partial charge in [0, 0.05) is 11.3 Å². The van der Waals surface area contributed by atoms with Crippen LogP contribution in [0.3, 0.4) is 0 Å². The number of amides is 1. The number of benzene rings is 3. The van der Waals surface area contributed by atoms with Gasteiger partial charge in [0.2, 0.25) is 0 Å². The molecule has 2 aliphatic carbocycles. The van der Waals surface area contributed by atoms with Crippen molar-refractivity contribution in [3.05, 3.63) is 101 Å². The molecule has 162 valence electrons. The summed E-state index contributed by atoms with van der Waals surface area (Å²) in [5, 5.41) is 7.06. The smallest absolute Gasteiger partial charge is 0.251 e. The highest BCUT2D eigenvalue weighted by molar-refractivity contribution is 5.95. The van der Waals surface area contributed by atoms with Crippen LogP contribution in [0.4, 0.5) is 5.69 Å². The highest BCUT2D eigenvalue weighted by Crippen LogP contribution is 2.63. The summed E-state index contributed by atoms with van der Waals surface area (Å²) >= 11 is 0. The Morgan fingerprint density at radius 2 is 1.66 bits per heavy atom. The number of anilines is 1. The first kappa shape index (κ1) is 19.6. The molecular formula is C29H30N2O. The molecule has 3 nitrogen and oxygen atoms in total. The predicted molar refractivity (Wildman–Crippen MR) is 129 cm³/mol. The second-order valence-corrected chi connectivity index (χ2v) is 9.88. The lowest BCUT2D eigenvalue weighted by atomic mass is 9.68. The minimum atomic E-state index is -0.0180. The Bertz CT molecular complexity index is 1130. The molecule has 3 aromatic carbocycles. The zero-order valence-electron chi connectivity index (χ0n) is 18.5. The van der Waals surface area contributed by atoms with Crippen LogP contribution in [0.5, 0.6) is 0 Å². The Hall–Kier alpha value is -3.07. The van der Waals surface area contributed by atoms with Crippen molar-refractivity contribution in [1.29, 1.82) is 0 Å². The lowest BCUT2D eigenvalue weighted by Crippen LogP contribution is -2.36. The molecule has 0 aromatic heterocycles. The Morgan fingerprint density at radius 1 is 0.938 bits per heavy atom. The van der Waals surface area contributed by atoms with E-state index in [9.17, 15) is 4.79 Å². The molecule has 3 aliphatic rings. The van der Waals surface area contributed by atoms with E-state index in [1.54, 1.807) is 0 Å². The van der Waals surface area contributed by atoms with Gasteiger partial charge < -0.3 is 10.6 Å². The zero-order valence-corrected chi connectivity index (χ0v) is 18.5. The molecule has 1 amide bonds. The van der Waals surface area contributed by atoms with E-state index >= 15 is 0 Å². The predicted octanol–water partition coefficient (Wildman–Crippen LogP) is 6.47. The molecule has 2 fully saturated rings. The third-order valence-corrected chi connectivity index (χ3v) is 8.16. The van der Waals surface area contributed by atoms with Gasteiger partial charge in [0.25, 0.3) is 5.91 Å². The summed E-state index contributed by atoms with van der Waals surface area (Å²) in [7, 11) is 0. The van der Waals surface area contributed by atoms with E-state index in [1.807, 2.05) is 31.2 Å². The maximum absolute atomic E-state index is 13.1. The van der Waals surface area contributed by atoms with Crippen molar-refractivity contribution in [3.8, 4) is 0 Å². The topological polar surface area (TPSA) is 41.1 Å². The normalized spacial score (nSPS) is 28.3. The van der Waals surface area contributed by atoms with Crippen LogP contribution in [0.1, 0.15) is 71.2 Å². The molecule has 32 heavy (non-hydrogen) atoms. The first-order valence-electron chi connectivity index (χ1n) is 12.0. The van der Waals surface area contributed by atoms with Gasteiger partial charge in [-0.2, -0.15) is 0 Å². The summed E-state index contributed by atoms with van der Waals surface area (Å²) < 4.78 is 0.